The standard InChI is InChI=1S/C17H21ClN4O2S/c1-2-20-17(21-11-13-3-7-15(18)8-4-13)22-12-14-5-9-16(10-6-14)25(19,23)24/h3-10H,2,11-12H2,1H3,(H2,19,23,24)(H2,20,21,22). The smallest absolute Gasteiger partial charge is 0.238 e. The Balaban J connectivity index is 1.98. The molecule has 0 aliphatic carbocycles. The van der Waals surface area contributed by atoms with E-state index in [0.717, 1.165) is 17.7 Å². The van der Waals surface area contributed by atoms with E-state index in [2.05, 4.69) is 15.6 Å². The molecule has 0 atom stereocenters. The molecule has 0 aromatic heterocycles. The molecule has 0 aliphatic heterocycles. The molecule has 25 heavy (non-hydrogen) atoms. The second-order valence-electron chi connectivity index (χ2n) is 5.36. The fourth-order valence-electron chi connectivity index (χ4n) is 2.08. The Morgan fingerprint density at radius 2 is 1.64 bits per heavy atom. The van der Waals surface area contributed by atoms with Crippen molar-refractivity contribution in [1.29, 1.82) is 0 Å². The molecule has 0 fully saturated rings. The molecule has 0 radical (unpaired) electrons. The van der Waals surface area contributed by atoms with Crippen LogP contribution in [-0.2, 0) is 23.1 Å². The van der Waals surface area contributed by atoms with Gasteiger partial charge < -0.3 is 10.6 Å². The van der Waals surface area contributed by atoms with Crippen LogP contribution in [0.25, 0.3) is 0 Å². The van der Waals surface area contributed by atoms with Crippen molar-refractivity contribution in [1.82, 2.24) is 10.6 Å². The number of aliphatic imine (C=N–C) groups is 1. The fourth-order valence-corrected chi connectivity index (χ4v) is 2.73. The average molecular weight is 381 g/mol. The zero-order chi connectivity index (χ0) is 18.3. The van der Waals surface area contributed by atoms with E-state index in [0.29, 0.717) is 24.1 Å². The van der Waals surface area contributed by atoms with E-state index in [1.165, 1.54) is 12.1 Å². The highest BCUT2D eigenvalue weighted by Crippen LogP contribution is 2.10. The molecule has 8 heteroatoms. The van der Waals surface area contributed by atoms with Gasteiger partial charge >= 0.3 is 0 Å². The Hall–Kier alpha value is -2.09. The van der Waals surface area contributed by atoms with Crippen LogP contribution in [0.5, 0.6) is 0 Å². The molecule has 0 saturated heterocycles. The Kier molecular flexibility index (Phi) is 6.81. The summed E-state index contributed by atoms with van der Waals surface area (Å²) in [6.45, 7) is 3.76. The molecule has 2 rings (SSSR count). The maximum absolute atomic E-state index is 11.3. The van der Waals surface area contributed by atoms with Crippen molar-refractivity contribution in [2.24, 2.45) is 10.1 Å². The topological polar surface area (TPSA) is 96.6 Å². The minimum atomic E-state index is -3.67. The van der Waals surface area contributed by atoms with Crippen LogP contribution in [0.4, 0.5) is 0 Å². The van der Waals surface area contributed by atoms with Gasteiger partial charge in [-0.1, -0.05) is 35.9 Å². The molecule has 0 spiro atoms. The van der Waals surface area contributed by atoms with Gasteiger partial charge in [-0.05, 0) is 42.3 Å². The van der Waals surface area contributed by atoms with E-state index >= 15 is 0 Å². The summed E-state index contributed by atoms with van der Waals surface area (Å²) in [5.74, 6) is 0.674. The number of hydrogen-bond donors (Lipinski definition) is 3. The van der Waals surface area contributed by atoms with Gasteiger partial charge in [-0.3, -0.25) is 0 Å². The molecule has 134 valence electrons. The number of nitrogens with one attached hydrogen (secondary N) is 2. The van der Waals surface area contributed by atoms with Crippen LogP contribution in [-0.4, -0.2) is 20.9 Å². The molecular formula is C17H21ClN4O2S. The monoisotopic (exact) mass is 380 g/mol. The molecule has 0 amide bonds. The zero-order valence-corrected chi connectivity index (χ0v) is 15.4. The summed E-state index contributed by atoms with van der Waals surface area (Å²) in [6.07, 6.45) is 0. The molecule has 6 nitrogen and oxygen atoms in total. The third-order valence-electron chi connectivity index (χ3n) is 3.39. The van der Waals surface area contributed by atoms with Crippen LogP contribution < -0.4 is 15.8 Å². The highest BCUT2D eigenvalue weighted by Gasteiger charge is 2.06. The van der Waals surface area contributed by atoms with Gasteiger partial charge in [0.2, 0.25) is 10.0 Å². The molecule has 0 saturated carbocycles. The van der Waals surface area contributed by atoms with Gasteiger partial charge in [-0.25, -0.2) is 18.5 Å². The SMILES string of the molecule is CCNC(=NCc1ccc(Cl)cc1)NCc1ccc(S(N)(=O)=O)cc1. The van der Waals surface area contributed by atoms with Crippen LogP contribution in [0.3, 0.4) is 0 Å². The molecule has 2 aromatic carbocycles. The van der Waals surface area contributed by atoms with Gasteiger partial charge in [-0.2, -0.15) is 0 Å². The Labute approximate surface area is 153 Å². The van der Waals surface area contributed by atoms with E-state index in [4.69, 9.17) is 16.7 Å². The quantitative estimate of drug-likeness (QED) is 0.529. The second-order valence-corrected chi connectivity index (χ2v) is 7.36. The van der Waals surface area contributed by atoms with Crippen LogP contribution in [0.1, 0.15) is 18.1 Å². The van der Waals surface area contributed by atoms with Crippen LogP contribution in [0.15, 0.2) is 58.4 Å². The number of halogens is 1. The fraction of sp³-hybridized carbons (Fsp3) is 0.235. The number of rotatable bonds is 6. The molecular weight excluding hydrogens is 360 g/mol. The van der Waals surface area contributed by atoms with E-state index in [1.54, 1.807) is 12.1 Å². The normalized spacial score (nSPS) is 12.0. The molecule has 0 bridgehead atoms. The largest absolute Gasteiger partial charge is 0.357 e. The zero-order valence-electron chi connectivity index (χ0n) is 13.9. The summed E-state index contributed by atoms with van der Waals surface area (Å²) in [7, 11) is -3.67. The molecule has 0 aliphatic rings. The first-order valence-electron chi connectivity index (χ1n) is 7.77. The second kappa shape index (κ2) is 8.84. The van der Waals surface area contributed by atoms with E-state index in [1.807, 2.05) is 31.2 Å². The van der Waals surface area contributed by atoms with Crippen molar-refractivity contribution in [2.75, 3.05) is 6.54 Å². The number of sulfonamides is 1. The third kappa shape index (κ3) is 6.38. The lowest BCUT2D eigenvalue weighted by molar-refractivity contribution is 0.597. The Morgan fingerprint density at radius 3 is 2.20 bits per heavy atom. The number of nitrogens with zero attached hydrogens (tertiary/aromatic N) is 1. The summed E-state index contributed by atoms with van der Waals surface area (Å²) < 4.78 is 22.5. The lowest BCUT2D eigenvalue weighted by Gasteiger charge is -2.11. The number of guanidine groups is 1. The molecule has 4 N–H and O–H groups in total. The van der Waals surface area contributed by atoms with Crippen molar-refractivity contribution in [3.63, 3.8) is 0 Å². The minimum Gasteiger partial charge on any atom is -0.357 e. The first-order valence-corrected chi connectivity index (χ1v) is 9.69. The van der Waals surface area contributed by atoms with Crippen molar-refractivity contribution in [3.8, 4) is 0 Å². The predicted octanol–water partition coefficient (Wildman–Crippen LogP) is 2.24. The maximum Gasteiger partial charge on any atom is 0.238 e. The highest BCUT2D eigenvalue weighted by molar-refractivity contribution is 7.89. The van der Waals surface area contributed by atoms with Gasteiger partial charge in [0.25, 0.3) is 0 Å². The lowest BCUT2D eigenvalue weighted by atomic mass is 10.2. The van der Waals surface area contributed by atoms with Gasteiger partial charge in [-0.15, -0.1) is 0 Å². The summed E-state index contributed by atoms with van der Waals surface area (Å²) in [5, 5.41) is 12.2. The van der Waals surface area contributed by atoms with E-state index in [-0.39, 0.29) is 4.90 Å². The molecule has 2 aromatic rings. The number of nitrogens with two attached hydrogens (primary N) is 1. The van der Waals surface area contributed by atoms with E-state index in [9.17, 15) is 8.42 Å². The molecule has 0 heterocycles. The first-order chi connectivity index (χ1) is 11.9. The van der Waals surface area contributed by atoms with Gasteiger partial charge in [0.15, 0.2) is 5.96 Å². The summed E-state index contributed by atoms with van der Waals surface area (Å²) in [6, 6.07) is 13.9. The summed E-state index contributed by atoms with van der Waals surface area (Å²) in [4.78, 5) is 4.62. The lowest BCUT2D eigenvalue weighted by Crippen LogP contribution is -2.36. The minimum absolute atomic E-state index is 0.0968. The van der Waals surface area contributed by atoms with Crippen molar-refractivity contribution in [2.45, 2.75) is 24.9 Å². The number of primary sulfonamides is 1. The highest BCUT2D eigenvalue weighted by atomic mass is 35.5. The van der Waals surface area contributed by atoms with Crippen molar-refractivity contribution >= 4 is 27.6 Å². The van der Waals surface area contributed by atoms with Gasteiger partial charge in [0.05, 0.1) is 11.4 Å². The summed E-state index contributed by atoms with van der Waals surface area (Å²) in [5.41, 5.74) is 1.98. The summed E-state index contributed by atoms with van der Waals surface area (Å²) >= 11 is 5.87. The van der Waals surface area contributed by atoms with Crippen molar-refractivity contribution in [3.05, 3.63) is 64.7 Å². The number of benzene rings is 2. The first kappa shape index (κ1) is 19.2. The average Bonchev–Trinajstić information content (AvgIpc) is 2.58. The Bertz CT molecular complexity index is 819. The predicted molar refractivity (Wildman–Crippen MR) is 101 cm³/mol. The van der Waals surface area contributed by atoms with Crippen LogP contribution in [0, 0.1) is 0 Å². The molecule has 0 unspecified atom stereocenters. The third-order valence-corrected chi connectivity index (χ3v) is 4.57. The van der Waals surface area contributed by atoms with Gasteiger partial charge in [0.1, 0.15) is 0 Å². The van der Waals surface area contributed by atoms with Crippen molar-refractivity contribution < 1.29 is 8.42 Å². The van der Waals surface area contributed by atoms with Gasteiger partial charge in [0, 0.05) is 18.1 Å². The number of hydrogen-bond acceptors (Lipinski definition) is 3. The maximum atomic E-state index is 11.3. The Morgan fingerprint density at radius 1 is 1.04 bits per heavy atom. The van der Waals surface area contributed by atoms with E-state index < -0.39 is 10.0 Å². The van der Waals surface area contributed by atoms with Crippen LogP contribution >= 0.6 is 11.6 Å². The van der Waals surface area contributed by atoms with Crippen LogP contribution in [0.2, 0.25) is 5.02 Å².